The zero-order valence-corrected chi connectivity index (χ0v) is 9.36. The van der Waals surface area contributed by atoms with Gasteiger partial charge in [-0.15, -0.1) is 0 Å². The van der Waals surface area contributed by atoms with Gasteiger partial charge in [-0.25, -0.2) is 0 Å². The lowest BCUT2D eigenvalue weighted by Gasteiger charge is -2.06. The molecule has 1 aromatic rings. The molecule has 3 N–H and O–H groups in total. The van der Waals surface area contributed by atoms with Gasteiger partial charge in [0.2, 0.25) is 0 Å². The van der Waals surface area contributed by atoms with E-state index in [4.69, 9.17) is 0 Å². The number of aromatic hydroxyl groups is 1. The molecule has 0 fully saturated rings. The van der Waals surface area contributed by atoms with E-state index in [1.54, 1.807) is 0 Å². The van der Waals surface area contributed by atoms with Crippen LogP contribution in [0.3, 0.4) is 0 Å². The van der Waals surface area contributed by atoms with E-state index in [0.717, 1.165) is 19.5 Å². The minimum Gasteiger partial charge on any atom is -0.505 e. The second kappa shape index (κ2) is 6.79. The number of rotatable bonds is 6. The number of pyridine rings is 1. The first-order valence-electron chi connectivity index (χ1n) is 5.37. The van der Waals surface area contributed by atoms with E-state index in [9.17, 15) is 9.90 Å². The number of hydrogen-bond donors (Lipinski definition) is 3. The summed E-state index contributed by atoms with van der Waals surface area (Å²) in [6.07, 6.45) is 3.80. The molecule has 0 spiro atoms. The summed E-state index contributed by atoms with van der Waals surface area (Å²) in [6, 6.07) is 1.49. The van der Waals surface area contributed by atoms with Crippen molar-refractivity contribution in [3.63, 3.8) is 0 Å². The van der Waals surface area contributed by atoms with Gasteiger partial charge < -0.3 is 15.7 Å². The first-order valence-corrected chi connectivity index (χ1v) is 5.37. The highest BCUT2D eigenvalue weighted by Gasteiger charge is 2.09. The van der Waals surface area contributed by atoms with E-state index in [1.165, 1.54) is 18.5 Å². The van der Waals surface area contributed by atoms with Crippen LogP contribution in [-0.2, 0) is 0 Å². The van der Waals surface area contributed by atoms with Crippen LogP contribution in [0.25, 0.3) is 0 Å². The van der Waals surface area contributed by atoms with E-state index >= 15 is 0 Å². The Bertz CT molecular complexity index is 342. The SMILES string of the molecule is CCCNCCNC(=O)c1ccncc1O. The summed E-state index contributed by atoms with van der Waals surface area (Å²) in [7, 11) is 0. The van der Waals surface area contributed by atoms with Crippen LogP contribution >= 0.6 is 0 Å². The molecule has 1 heterocycles. The third-order valence-electron chi connectivity index (χ3n) is 2.06. The molecule has 0 saturated heterocycles. The maximum absolute atomic E-state index is 11.6. The Labute approximate surface area is 94.9 Å². The predicted molar refractivity (Wildman–Crippen MR) is 61.4 cm³/mol. The molecule has 16 heavy (non-hydrogen) atoms. The molecule has 5 nitrogen and oxygen atoms in total. The van der Waals surface area contributed by atoms with Crippen molar-refractivity contribution in [1.29, 1.82) is 0 Å². The van der Waals surface area contributed by atoms with Crippen LogP contribution in [0.2, 0.25) is 0 Å². The van der Waals surface area contributed by atoms with E-state index < -0.39 is 0 Å². The van der Waals surface area contributed by atoms with Gasteiger partial charge in [0.05, 0.1) is 11.8 Å². The van der Waals surface area contributed by atoms with Gasteiger partial charge in [-0.1, -0.05) is 6.92 Å². The topological polar surface area (TPSA) is 74.2 Å². The summed E-state index contributed by atoms with van der Waals surface area (Å²) < 4.78 is 0. The Morgan fingerprint density at radius 2 is 2.25 bits per heavy atom. The van der Waals surface area contributed by atoms with Crippen molar-refractivity contribution < 1.29 is 9.90 Å². The van der Waals surface area contributed by atoms with Gasteiger partial charge in [-0.05, 0) is 19.0 Å². The van der Waals surface area contributed by atoms with Crippen molar-refractivity contribution in [1.82, 2.24) is 15.6 Å². The Hall–Kier alpha value is -1.62. The van der Waals surface area contributed by atoms with Crippen molar-refractivity contribution in [2.45, 2.75) is 13.3 Å². The normalized spacial score (nSPS) is 10.1. The van der Waals surface area contributed by atoms with Crippen molar-refractivity contribution >= 4 is 5.91 Å². The minimum atomic E-state index is -0.279. The van der Waals surface area contributed by atoms with Gasteiger partial charge in [-0.3, -0.25) is 9.78 Å². The molecule has 0 aliphatic carbocycles. The summed E-state index contributed by atoms with van der Waals surface area (Å²) in [5.41, 5.74) is 0.255. The highest BCUT2D eigenvalue weighted by Crippen LogP contribution is 2.12. The van der Waals surface area contributed by atoms with Crippen LogP contribution in [0.5, 0.6) is 5.75 Å². The van der Waals surface area contributed by atoms with E-state index in [1.807, 2.05) is 0 Å². The first kappa shape index (κ1) is 12.4. The van der Waals surface area contributed by atoms with Crippen LogP contribution < -0.4 is 10.6 Å². The molecule has 5 heteroatoms. The molecule has 0 bridgehead atoms. The summed E-state index contributed by atoms with van der Waals surface area (Å²) in [5, 5.41) is 15.3. The predicted octanol–water partition coefficient (Wildman–Crippen LogP) is 0.517. The lowest BCUT2D eigenvalue weighted by molar-refractivity contribution is 0.0951. The average molecular weight is 223 g/mol. The fraction of sp³-hybridized carbons (Fsp3) is 0.455. The Morgan fingerprint density at radius 3 is 2.94 bits per heavy atom. The molecule has 88 valence electrons. The van der Waals surface area contributed by atoms with Gasteiger partial charge in [-0.2, -0.15) is 0 Å². The Kier molecular flexibility index (Phi) is 5.28. The lowest BCUT2D eigenvalue weighted by atomic mass is 10.2. The van der Waals surface area contributed by atoms with Crippen molar-refractivity contribution in [2.24, 2.45) is 0 Å². The molecule has 0 aliphatic rings. The molecule has 0 unspecified atom stereocenters. The highest BCUT2D eigenvalue weighted by molar-refractivity contribution is 5.96. The standard InChI is InChI=1S/C11H17N3O2/c1-2-4-12-6-7-14-11(16)9-3-5-13-8-10(9)15/h3,5,8,12,15H,2,4,6-7H2,1H3,(H,14,16). The number of carbonyl (C=O) groups excluding carboxylic acids is 1. The van der Waals surface area contributed by atoms with Crippen LogP contribution in [0.1, 0.15) is 23.7 Å². The molecular formula is C11H17N3O2. The second-order valence-corrected chi connectivity index (χ2v) is 3.40. The molecule has 0 aromatic carbocycles. The largest absolute Gasteiger partial charge is 0.505 e. The van der Waals surface area contributed by atoms with Crippen molar-refractivity contribution in [3.05, 3.63) is 24.0 Å². The third-order valence-corrected chi connectivity index (χ3v) is 2.06. The second-order valence-electron chi connectivity index (χ2n) is 3.40. The maximum Gasteiger partial charge on any atom is 0.255 e. The molecule has 0 radical (unpaired) electrons. The number of nitrogens with zero attached hydrogens (tertiary/aromatic N) is 1. The average Bonchev–Trinajstić information content (AvgIpc) is 2.29. The molecule has 1 amide bonds. The Balaban J connectivity index is 2.33. The number of carbonyl (C=O) groups is 1. The quantitative estimate of drug-likeness (QED) is 0.614. The van der Waals surface area contributed by atoms with E-state index in [-0.39, 0.29) is 17.2 Å². The lowest BCUT2D eigenvalue weighted by Crippen LogP contribution is -2.32. The first-order chi connectivity index (χ1) is 7.75. The Morgan fingerprint density at radius 1 is 1.44 bits per heavy atom. The fourth-order valence-electron chi connectivity index (χ4n) is 1.24. The number of hydrogen-bond acceptors (Lipinski definition) is 4. The zero-order chi connectivity index (χ0) is 11.8. The van der Waals surface area contributed by atoms with E-state index in [2.05, 4.69) is 22.5 Å². The van der Waals surface area contributed by atoms with Gasteiger partial charge in [0.25, 0.3) is 5.91 Å². The highest BCUT2D eigenvalue weighted by atomic mass is 16.3. The number of amides is 1. The molecule has 1 aromatic heterocycles. The van der Waals surface area contributed by atoms with Crippen LogP contribution in [0.15, 0.2) is 18.5 Å². The minimum absolute atomic E-state index is 0.0958. The monoisotopic (exact) mass is 223 g/mol. The van der Waals surface area contributed by atoms with Crippen LogP contribution in [0, 0.1) is 0 Å². The molecular weight excluding hydrogens is 206 g/mol. The van der Waals surface area contributed by atoms with Crippen LogP contribution in [-0.4, -0.2) is 35.6 Å². The van der Waals surface area contributed by atoms with Gasteiger partial charge >= 0.3 is 0 Å². The third kappa shape index (κ3) is 3.86. The van der Waals surface area contributed by atoms with Gasteiger partial charge in [0, 0.05) is 19.3 Å². The summed E-state index contributed by atoms with van der Waals surface area (Å²) in [4.78, 5) is 15.3. The van der Waals surface area contributed by atoms with Gasteiger partial charge in [0.1, 0.15) is 5.75 Å². The molecule has 0 saturated carbocycles. The molecule has 0 aliphatic heterocycles. The summed E-state index contributed by atoms with van der Waals surface area (Å²) >= 11 is 0. The summed E-state index contributed by atoms with van der Waals surface area (Å²) in [5.74, 6) is -0.375. The van der Waals surface area contributed by atoms with Crippen LogP contribution in [0.4, 0.5) is 0 Å². The van der Waals surface area contributed by atoms with Gasteiger partial charge in [0.15, 0.2) is 0 Å². The molecule has 1 rings (SSSR count). The maximum atomic E-state index is 11.6. The fourth-order valence-corrected chi connectivity index (χ4v) is 1.24. The smallest absolute Gasteiger partial charge is 0.255 e. The van der Waals surface area contributed by atoms with Crippen molar-refractivity contribution in [2.75, 3.05) is 19.6 Å². The number of nitrogens with one attached hydrogen (secondary N) is 2. The number of aromatic nitrogens is 1. The van der Waals surface area contributed by atoms with Crippen molar-refractivity contribution in [3.8, 4) is 5.75 Å². The molecule has 0 atom stereocenters. The zero-order valence-electron chi connectivity index (χ0n) is 9.36. The summed E-state index contributed by atoms with van der Waals surface area (Å²) in [6.45, 7) is 4.29. The van der Waals surface area contributed by atoms with E-state index in [0.29, 0.717) is 6.54 Å².